The average molecular weight is 466 g/mol. The number of carbonyl (C=O) groups is 1. The molecule has 0 unspecified atom stereocenters. The van der Waals surface area contributed by atoms with Gasteiger partial charge in [0.05, 0.1) is 30.7 Å². The first kappa shape index (κ1) is 23.0. The summed E-state index contributed by atoms with van der Waals surface area (Å²) in [5, 5.41) is 3.45. The van der Waals surface area contributed by atoms with Crippen molar-refractivity contribution in [1.29, 1.82) is 0 Å². The van der Waals surface area contributed by atoms with Crippen molar-refractivity contribution in [2.45, 2.75) is 51.3 Å². The summed E-state index contributed by atoms with van der Waals surface area (Å²) in [7, 11) is 0. The van der Waals surface area contributed by atoms with Crippen molar-refractivity contribution in [3.05, 3.63) is 40.7 Å². The molecule has 4 rings (SSSR count). The Labute approximate surface area is 190 Å². The van der Waals surface area contributed by atoms with Crippen LogP contribution in [-0.4, -0.2) is 65.7 Å². The summed E-state index contributed by atoms with van der Waals surface area (Å²) in [5.74, 6) is -1.87. The van der Waals surface area contributed by atoms with Gasteiger partial charge >= 0.3 is 0 Å². The Bertz CT molecular complexity index is 917. The number of nitrogens with one attached hydrogen (secondary N) is 1. The van der Waals surface area contributed by atoms with Crippen molar-refractivity contribution in [3.8, 4) is 0 Å². The topological polar surface area (TPSA) is 70.6 Å². The summed E-state index contributed by atoms with van der Waals surface area (Å²) >= 11 is 1.33. The van der Waals surface area contributed by atoms with Crippen molar-refractivity contribution in [2.24, 2.45) is 0 Å². The number of piperidine rings is 2. The van der Waals surface area contributed by atoms with Gasteiger partial charge < -0.3 is 15.0 Å². The van der Waals surface area contributed by atoms with E-state index in [0.29, 0.717) is 17.0 Å². The van der Waals surface area contributed by atoms with Gasteiger partial charge in [-0.05, 0) is 39.2 Å². The number of anilines is 1. The zero-order chi connectivity index (χ0) is 22.5. The Morgan fingerprint density at radius 2 is 2.03 bits per heavy atom. The fourth-order valence-electron chi connectivity index (χ4n) is 4.43. The van der Waals surface area contributed by atoms with Crippen LogP contribution in [0.25, 0.3) is 0 Å². The quantitative estimate of drug-likeness (QED) is 0.677. The molecule has 2 aliphatic rings. The highest BCUT2D eigenvalue weighted by atomic mass is 32.1. The van der Waals surface area contributed by atoms with Gasteiger partial charge in [-0.1, -0.05) is 11.3 Å². The van der Waals surface area contributed by atoms with Crippen LogP contribution in [-0.2, 0) is 11.3 Å². The van der Waals surface area contributed by atoms with Gasteiger partial charge in [-0.3, -0.25) is 14.7 Å². The molecular formula is C22H29F2N5O2S. The molecule has 0 saturated carbocycles. The number of halogens is 2. The van der Waals surface area contributed by atoms with Gasteiger partial charge in [0, 0.05) is 38.3 Å². The number of rotatable bonds is 7. The number of hydrogen-bond donors (Lipinski definition) is 1. The summed E-state index contributed by atoms with van der Waals surface area (Å²) in [6, 6.07) is 1.32. The van der Waals surface area contributed by atoms with E-state index in [9.17, 15) is 13.6 Å². The van der Waals surface area contributed by atoms with Crippen molar-refractivity contribution in [2.75, 3.05) is 37.7 Å². The van der Waals surface area contributed by atoms with Crippen LogP contribution in [0.15, 0.2) is 18.5 Å². The maximum Gasteiger partial charge on any atom is 0.263 e. The Balaban J connectivity index is 1.27. The SMILES string of the molecule is CCO[C@@H]1CCCN(C2CCN(c3ncc(C(=O)NCc4ncc(F)cc4F)s3)CC2)C1. The fourth-order valence-corrected chi connectivity index (χ4v) is 5.32. The molecule has 2 aliphatic heterocycles. The molecule has 0 bridgehead atoms. The molecule has 0 aliphatic carbocycles. The minimum Gasteiger partial charge on any atom is -0.377 e. The van der Waals surface area contributed by atoms with E-state index in [1.54, 1.807) is 6.20 Å². The van der Waals surface area contributed by atoms with E-state index in [-0.39, 0.29) is 18.1 Å². The van der Waals surface area contributed by atoms with Crippen LogP contribution in [0.2, 0.25) is 0 Å². The molecule has 10 heteroatoms. The van der Waals surface area contributed by atoms with Crippen LogP contribution in [0, 0.1) is 11.6 Å². The molecule has 1 N–H and O–H groups in total. The number of ether oxygens (including phenoxy) is 1. The lowest BCUT2D eigenvalue weighted by Gasteiger charge is -2.42. The maximum atomic E-state index is 13.7. The van der Waals surface area contributed by atoms with Gasteiger partial charge in [0.1, 0.15) is 16.5 Å². The first-order valence-electron chi connectivity index (χ1n) is 11.2. The zero-order valence-corrected chi connectivity index (χ0v) is 19.0. The Morgan fingerprint density at radius 3 is 2.78 bits per heavy atom. The smallest absolute Gasteiger partial charge is 0.263 e. The molecule has 2 fully saturated rings. The number of amides is 1. The van der Waals surface area contributed by atoms with Crippen LogP contribution in [0.1, 0.15) is 48.0 Å². The molecule has 0 spiro atoms. The normalized spacial score (nSPS) is 20.5. The van der Waals surface area contributed by atoms with E-state index in [2.05, 4.69) is 32.0 Å². The molecule has 2 saturated heterocycles. The van der Waals surface area contributed by atoms with E-state index in [1.807, 2.05) is 0 Å². The number of aromatic nitrogens is 2. The van der Waals surface area contributed by atoms with Gasteiger partial charge in [-0.2, -0.15) is 0 Å². The van der Waals surface area contributed by atoms with Gasteiger partial charge in [0.2, 0.25) is 0 Å². The lowest BCUT2D eigenvalue weighted by Crippen LogP contribution is -2.50. The van der Waals surface area contributed by atoms with Crippen molar-refractivity contribution < 1.29 is 18.3 Å². The Hall–Kier alpha value is -2.17. The van der Waals surface area contributed by atoms with E-state index >= 15 is 0 Å². The summed E-state index contributed by atoms with van der Waals surface area (Å²) in [6.07, 6.45) is 7.30. The van der Waals surface area contributed by atoms with Crippen molar-refractivity contribution >= 4 is 22.4 Å². The van der Waals surface area contributed by atoms with E-state index in [1.165, 1.54) is 17.8 Å². The molecule has 4 heterocycles. The average Bonchev–Trinajstić information content (AvgIpc) is 3.29. The standard InChI is InChI=1S/C22H29F2N5O2S/c1-2-31-17-4-3-7-29(14-17)16-5-8-28(9-6-16)22-27-13-20(32-22)21(30)26-12-19-18(24)10-15(23)11-25-19/h10-11,13,16-17H,2-9,12,14H2,1H3,(H,26,30)/t17-/m1/s1. The van der Waals surface area contributed by atoms with Crippen LogP contribution >= 0.6 is 11.3 Å². The van der Waals surface area contributed by atoms with Crippen LogP contribution in [0.5, 0.6) is 0 Å². The second-order valence-electron chi connectivity index (χ2n) is 8.20. The van der Waals surface area contributed by atoms with Crippen molar-refractivity contribution in [3.63, 3.8) is 0 Å². The zero-order valence-electron chi connectivity index (χ0n) is 18.2. The minimum atomic E-state index is -0.778. The first-order chi connectivity index (χ1) is 15.5. The Kier molecular flexibility index (Phi) is 7.64. The summed E-state index contributed by atoms with van der Waals surface area (Å²) in [4.78, 5) is 25.8. The number of hydrogen-bond acceptors (Lipinski definition) is 7. The summed E-state index contributed by atoms with van der Waals surface area (Å²) in [5.41, 5.74) is -0.00384. The molecule has 2 aromatic heterocycles. The highest BCUT2D eigenvalue weighted by Crippen LogP contribution is 2.28. The van der Waals surface area contributed by atoms with Gasteiger partial charge in [0.15, 0.2) is 5.13 Å². The molecule has 1 atom stereocenters. The first-order valence-corrected chi connectivity index (χ1v) is 12.0. The van der Waals surface area contributed by atoms with Gasteiger partial charge in [0.25, 0.3) is 5.91 Å². The molecule has 0 aromatic carbocycles. The van der Waals surface area contributed by atoms with Crippen molar-refractivity contribution in [1.82, 2.24) is 20.2 Å². The molecule has 1 amide bonds. The molecule has 0 radical (unpaired) electrons. The van der Waals surface area contributed by atoms with Crippen LogP contribution < -0.4 is 10.2 Å². The third-order valence-electron chi connectivity index (χ3n) is 6.08. The lowest BCUT2D eigenvalue weighted by molar-refractivity contribution is -0.0105. The van der Waals surface area contributed by atoms with E-state index < -0.39 is 11.6 Å². The van der Waals surface area contributed by atoms with Gasteiger partial charge in [-0.25, -0.2) is 13.8 Å². The number of pyridine rings is 1. The monoisotopic (exact) mass is 465 g/mol. The fraction of sp³-hybridized carbons (Fsp3) is 0.591. The molecule has 174 valence electrons. The predicted molar refractivity (Wildman–Crippen MR) is 119 cm³/mol. The van der Waals surface area contributed by atoms with Gasteiger partial charge in [-0.15, -0.1) is 0 Å². The second-order valence-corrected chi connectivity index (χ2v) is 9.21. The van der Waals surface area contributed by atoms with Crippen LogP contribution in [0.3, 0.4) is 0 Å². The number of nitrogens with zero attached hydrogens (tertiary/aromatic N) is 4. The van der Waals surface area contributed by atoms with Crippen LogP contribution in [0.4, 0.5) is 13.9 Å². The molecular weight excluding hydrogens is 436 g/mol. The summed E-state index contributed by atoms with van der Waals surface area (Å²) < 4.78 is 32.5. The van der Waals surface area contributed by atoms with E-state index in [0.717, 1.165) is 69.4 Å². The number of likely N-dealkylation sites (tertiary alicyclic amines) is 1. The Morgan fingerprint density at radius 1 is 1.22 bits per heavy atom. The maximum absolute atomic E-state index is 13.7. The third kappa shape index (κ3) is 5.60. The minimum absolute atomic E-state index is 0.00384. The highest BCUT2D eigenvalue weighted by molar-refractivity contribution is 7.17. The largest absolute Gasteiger partial charge is 0.377 e. The number of carbonyl (C=O) groups excluding carboxylic acids is 1. The predicted octanol–water partition coefficient (Wildman–Crippen LogP) is 3.22. The summed E-state index contributed by atoms with van der Waals surface area (Å²) in [6.45, 7) is 6.68. The molecule has 32 heavy (non-hydrogen) atoms. The highest BCUT2D eigenvalue weighted by Gasteiger charge is 2.30. The van der Waals surface area contributed by atoms with E-state index in [4.69, 9.17) is 4.74 Å². The number of thiazole rings is 1. The second kappa shape index (κ2) is 10.6. The molecule has 7 nitrogen and oxygen atoms in total. The molecule has 2 aromatic rings. The third-order valence-corrected chi connectivity index (χ3v) is 7.14. The lowest BCUT2D eigenvalue weighted by atomic mass is 9.99.